The Labute approximate surface area is 420 Å². The van der Waals surface area contributed by atoms with Gasteiger partial charge in [-0.15, -0.1) is 0 Å². The molecule has 0 bridgehead atoms. The molecule has 6 heteroatoms. The van der Waals surface area contributed by atoms with Gasteiger partial charge in [0.15, 0.2) is 0 Å². The van der Waals surface area contributed by atoms with Crippen molar-refractivity contribution in [3.8, 4) is 0 Å². The van der Waals surface area contributed by atoms with E-state index in [0.717, 1.165) is 58.4 Å². The quantitative estimate of drug-likeness (QED) is 0.0617. The van der Waals surface area contributed by atoms with Crippen LogP contribution in [-0.4, -0.2) is 84.0 Å². The molecule has 2 unspecified atom stereocenters. The lowest BCUT2D eigenvalue weighted by molar-refractivity contribution is -0.132. The van der Waals surface area contributed by atoms with Gasteiger partial charge in [0, 0.05) is 52.2 Å². The van der Waals surface area contributed by atoms with E-state index in [1.165, 1.54) is 276 Å². The van der Waals surface area contributed by atoms with Gasteiger partial charge in [0.05, 0.1) is 0 Å². The number of aliphatic hydroxyl groups excluding tert-OH is 1. The molecular weight excluding hydrogens is 823 g/mol. The highest BCUT2D eigenvalue weighted by Gasteiger charge is 2.37. The number of hydrogen-bond acceptors (Lipinski definition) is 4. The van der Waals surface area contributed by atoms with Gasteiger partial charge in [0.2, 0.25) is 11.8 Å². The molecule has 0 radical (unpaired) electrons. The van der Waals surface area contributed by atoms with Gasteiger partial charge < -0.3 is 19.8 Å². The highest BCUT2D eigenvalue weighted by molar-refractivity contribution is 5.76. The fourth-order valence-corrected chi connectivity index (χ4v) is 10.5. The predicted molar refractivity (Wildman–Crippen MR) is 294 cm³/mol. The van der Waals surface area contributed by atoms with Crippen LogP contribution < -0.4 is 0 Å². The molecule has 1 fully saturated rings. The largest absolute Gasteiger partial charge is 0.396 e. The molecule has 67 heavy (non-hydrogen) atoms. The summed E-state index contributed by atoms with van der Waals surface area (Å²) in [4.78, 5) is 34.1. The van der Waals surface area contributed by atoms with Crippen molar-refractivity contribution >= 4 is 11.8 Å². The van der Waals surface area contributed by atoms with Crippen LogP contribution in [0.5, 0.6) is 0 Å². The number of rotatable bonds is 55. The molecule has 0 aromatic carbocycles. The van der Waals surface area contributed by atoms with E-state index >= 15 is 0 Å². The maximum atomic E-state index is 13.4. The Morgan fingerprint density at radius 3 is 0.821 bits per heavy atom. The molecule has 0 saturated heterocycles. The van der Waals surface area contributed by atoms with E-state index < -0.39 is 0 Å². The second-order valence-corrected chi connectivity index (χ2v) is 21.9. The van der Waals surface area contributed by atoms with Crippen LogP contribution in [-0.2, 0) is 9.59 Å². The number of unbranched alkanes of at least 4 members (excludes halogenated alkanes) is 36. The Hall–Kier alpha value is -1.14. The molecule has 1 aliphatic carbocycles. The van der Waals surface area contributed by atoms with Gasteiger partial charge in [0.1, 0.15) is 0 Å². The lowest BCUT2D eigenvalue weighted by Crippen LogP contribution is -2.32. The third-order valence-electron chi connectivity index (χ3n) is 15.4. The SMILES string of the molecule is CCCCCCCCCCN(CCCCCCCCCC)C(=O)CCCCCCCN(CCCCCCCC(=O)N(CCCCCCCCCC)CCCCCCCCCC)CC1CC1CO. The Bertz CT molecular complexity index is 929. The van der Waals surface area contributed by atoms with Crippen LogP contribution in [0.3, 0.4) is 0 Å². The third-order valence-corrected chi connectivity index (χ3v) is 15.4. The van der Waals surface area contributed by atoms with Crippen LogP contribution in [0.2, 0.25) is 0 Å². The van der Waals surface area contributed by atoms with Crippen molar-refractivity contribution in [2.45, 2.75) is 317 Å². The molecule has 398 valence electrons. The van der Waals surface area contributed by atoms with Crippen molar-refractivity contribution in [1.82, 2.24) is 14.7 Å². The van der Waals surface area contributed by atoms with Gasteiger partial charge in [-0.1, -0.05) is 246 Å². The molecule has 0 spiro atoms. The van der Waals surface area contributed by atoms with Gasteiger partial charge in [-0.3, -0.25) is 9.59 Å². The summed E-state index contributed by atoms with van der Waals surface area (Å²) in [6.45, 7) is 16.9. The second kappa shape index (κ2) is 49.8. The molecule has 0 aliphatic heterocycles. The highest BCUT2D eigenvalue weighted by Crippen LogP contribution is 2.38. The fourth-order valence-electron chi connectivity index (χ4n) is 10.5. The van der Waals surface area contributed by atoms with E-state index in [9.17, 15) is 14.7 Å². The average Bonchev–Trinajstić information content (AvgIpc) is 4.10. The first-order chi connectivity index (χ1) is 33.0. The molecule has 1 aliphatic rings. The van der Waals surface area contributed by atoms with Crippen LogP contribution in [0.1, 0.15) is 317 Å². The van der Waals surface area contributed by atoms with Crippen LogP contribution in [0.4, 0.5) is 0 Å². The maximum absolute atomic E-state index is 13.4. The van der Waals surface area contributed by atoms with Gasteiger partial charge in [0.25, 0.3) is 0 Å². The van der Waals surface area contributed by atoms with Crippen molar-refractivity contribution in [2.24, 2.45) is 11.8 Å². The Morgan fingerprint density at radius 2 is 0.567 bits per heavy atom. The summed E-state index contributed by atoms with van der Waals surface area (Å²) >= 11 is 0. The lowest BCUT2D eigenvalue weighted by atomic mass is 10.1. The maximum Gasteiger partial charge on any atom is 0.222 e. The zero-order valence-corrected chi connectivity index (χ0v) is 46.2. The Kier molecular flexibility index (Phi) is 47.5. The number of aliphatic hydroxyl groups is 1. The first kappa shape index (κ1) is 63.9. The standard InChI is InChI=1S/C61H121N3O3/c1-5-9-13-17-21-25-35-43-51-63(52-44-36-26-22-18-14-10-6-2)60(66)47-39-31-29-33-41-49-62(56-58-55-59(58)57-65)50-42-34-30-32-40-48-61(67)64(53-45-37-27-23-19-15-11-7-3)54-46-38-28-24-20-16-12-8-4/h58-59,65H,5-57H2,1-4H3. The Morgan fingerprint density at radius 1 is 0.328 bits per heavy atom. The lowest BCUT2D eigenvalue weighted by Gasteiger charge is -2.23. The van der Waals surface area contributed by atoms with Crippen molar-refractivity contribution in [3.05, 3.63) is 0 Å². The number of carbonyl (C=O) groups excluding carboxylic acids is 2. The number of amides is 2. The fraction of sp³-hybridized carbons (Fsp3) is 0.967. The minimum absolute atomic E-state index is 0.349. The van der Waals surface area contributed by atoms with E-state index in [-0.39, 0.29) is 0 Å². The van der Waals surface area contributed by atoms with Gasteiger partial charge in [-0.25, -0.2) is 0 Å². The average molecular weight is 945 g/mol. The minimum Gasteiger partial charge on any atom is -0.396 e. The van der Waals surface area contributed by atoms with Gasteiger partial charge in [-0.2, -0.15) is 0 Å². The second-order valence-electron chi connectivity index (χ2n) is 21.9. The van der Waals surface area contributed by atoms with Gasteiger partial charge >= 0.3 is 0 Å². The van der Waals surface area contributed by atoms with E-state index in [1.54, 1.807) is 0 Å². The smallest absolute Gasteiger partial charge is 0.222 e. The molecule has 0 aromatic rings. The van der Waals surface area contributed by atoms with Crippen molar-refractivity contribution in [2.75, 3.05) is 52.4 Å². The van der Waals surface area contributed by atoms with Crippen LogP contribution >= 0.6 is 0 Å². The Balaban J connectivity index is 2.39. The van der Waals surface area contributed by atoms with Crippen molar-refractivity contribution in [3.63, 3.8) is 0 Å². The summed E-state index contributed by atoms with van der Waals surface area (Å²) in [6.07, 6.45) is 56.8. The summed E-state index contributed by atoms with van der Waals surface area (Å²) in [5, 5.41) is 9.75. The van der Waals surface area contributed by atoms with Gasteiger partial charge in [-0.05, 0) is 82.7 Å². The molecule has 2 atom stereocenters. The van der Waals surface area contributed by atoms with Crippen molar-refractivity contribution < 1.29 is 14.7 Å². The molecule has 0 aromatic heterocycles. The zero-order valence-electron chi connectivity index (χ0n) is 46.2. The summed E-state index contributed by atoms with van der Waals surface area (Å²) in [5.74, 6) is 2.03. The summed E-state index contributed by atoms with van der Waals surface area (Å²) in [5.41, 5.74) is 0. The minimum atomic E-state index is 0.349. The topological polar surface area (TPSA) is 64.1 Å². The third kappa shape index (κ3) is 41.2. The molecule has 1 rings (SSSR count). The summed E-state index contributed by atoms with van der Waals surface area (Å²) in [6, 6.07) is 0. The molecule has 1 saturated carbocycles. The summed E-state index contributed by atoms with van der Waals surface area (Å²) < 4.78 is 0. The first-order valence-electron chi connectivity index (χ1n) is 30.9. The predicted octanol–water partition coefficient (Wildman–Crippen LogP) is 17.8. The molecule has 1 N–H and O–H groups in total. The normalized spacial score (nSPS) is 14.7. The van der Waals surface area contributed by atoms with E-state index in [4.69, 9.17) is 0 Å². The van der Waals surface area contributed by atoms with Crippen molar-refractivity contribution in [1.29, 1.82) is 0 Å². The molecular formula is C61H121N3O3. The van der Waals surface area contributed by atoms with Crippen LogP contribution in [0, 0.1) is 11.8 Å². The van der Waals surface area contributed by atoms with E-state index in [1.807, 2.05) is 0 Å². The number of carbonyl (C=O) groups is 2. The van der Waals surface area contributed by atoms with Crippen LogP contribution in [0.15, 0.2) is 0 Å². The molecule has 2 amide bonds. The molecule has 0 heterocycles. The molecule has 6 nitrogen and oxygen atoms in total. The van der Waals surface area contributed by atoms with E-state index in [2.05, 4.69) is 42.4 Å². The monoisotopic (exact) mass is 944 g/mol. The first-order valence-corrected chi connectivity index (χ1v) is 30.9. The number of nitrogens with zero attached hydrogens (tertiary/aromatic N) is 3. The van der Waals surface area contributed by atoms with Crippen LogP contribution in [0.25, 0.3) is 0 Å². The highest BCUT2D eigenvalue weighted by atomic mass is 16.3. The summed E-state index contributed by atoms with van der Waals surface area (Å²) in [7, 11) is 0. The zero-order chi connectivity index (χ0) is 48.5. The number of hydrogen-bond donors (Lipinski definition) is 1. The van der Waals surface area contributed by atoms with E-state index in [0.29, 0.717) is 30.3 Å².